The normalized spacial score (nSPS) is 11.5. The third kappa shape index (κ3) is 7.27. The van der Waals surface area contributed by atoms with Gasteiger partial charge in [0.1, 0.15) is 0 Å². The van der Waals surface area contributed by atoms with E-state index in [2.05, 4.69) is 6.58 Å². The van der Waals surface area contributed by atoms with Gasteiger partial charge < -0.3 is 13.3 Å². The number of hydrogen-bond acceptors (Lipinski definition) is 6. The molecule has 100 valence electrons. The van der Waals surface area contributed by atoms with Crippen molar-refractivity contribution in [2.24, 2.45) is 0 Å². The molecule has 0 aromatic rings. The third-order valence-corrected chi connectivity index (χ3v) is 6.72. The standard InChI is InChI=1S/C10H20O4S2Si/c1-9(2)16-10(11)15-7-6-8-17(12-3,13-4)14-5/h1,6-8H2,2-5H3. The molecule has 17 heavy (non-hydrogen) atoms. The van der Waals surface area contributed by atoms with Gasteiger partial charge in [0.25, 0.3) is 0 Å². The highest BCUT2D eigenvalue weighted by Gasteiger charge is 2.36. The second kappa shape index (κ2) is 9.18. The van der Waals surface area contributed by atoms with Crippen molar-refractivity contribution in [3.05, 3.63) is 11.5 Å². The maximum absolute atomic E-state index is 11.4. The van der Waals surface area contributed by atoms with Crippen molar-refractivity contribution in [3.8, 4) is 0 Å². The van der Waals surface area contributed by atoms with Crippen LogP contribution in [0.25, 0.3) is 0 Å². The van der Waals surface area contributed by atoms with E-state index in [1.807, 2.05) is 6.92 Å². The second-order valence-electron chi connectivity index (χ2n) is 3.30. The molecule has 0 aromatic heterocycles. The van der Waals surface area contributed by atoms with E-state index in [0.717, 1.165) is 17.1 Å². The smallest absolute Gasteiger partial charge is 0.377 e. The Balaban J connectivity index is 3.83. The number of thioether (sulfide) groups is 2. The Morgan fingerprint density at radius 1 is 1.24 bits per heavy atom. The highest BCUT2D eigenvalue weighted by molar-refractivity contribution is 8.39. The van der Waals surface area contributed by atoms with Gasteiger partial charge in [-0.25, -0.2) is 0 Å². The zero-order chi connectivity index (χ0) is 13.3. The molecule has 0 bridgehead atoms. The summed E-state index contributed by atoms with van der Waals surface area (Å²) in [5, 5.41) is 0. The highest BCUT2D eigenvalue weighted by Crippen LogP contribution is 2.24. The Labute approximate surface area is 113 Å². The van der Waals surface area contributed by atoms with Crippen molar-refractivity contribution >= 4 is 36.8 Å². The summed E-state index contributed by atoms with van der Waals surface area (Å²) in [4.78, 5) is 12.2. The maximum atomic E-state index is 11.4. The van der Waals surface area contributed by atoms with Crippen LogP contribution in [0.5, 0.6) is 0 Å². The van der Waals surface area contributed by atoms with Gasteiger partial charge in [0.05, 0.1) is 0 Å². The molecule has 0 atom stereocenters. The van der Waals surface area contributed by atoms with Crippen LogP contribution in [0.4, 0.5) is 4.79 Å². The average Bonchev–Trinajstić information content (AvgIpc) is 2.29. The fourth-order valence-electron chi connectivity index (χ4n) is 1.17. The minimum absolute atomic E-state index is 0.0806. The van der Waals surface area contributed by atoms with Crippen LogP contribution in [0.2, 0.25) is 6.04 Å². The predicted molar refractivity (Wildman–Crippen MR) is 76.5 cm³/mol. The first kappa shape index (κ1) is 17.2. The van der Waals surface area contributed by atoms with E-state index in [-0.39, 0.29) is 4.45 Å². The summed E-state index contributed by atoms with van der Waals surface area (Å²) in [5.41, 5.74) is 0. The molecule has 0 unspecified atom stereocenters. The summed E-state index contributed by atoms with van der Waals surface area (Å²) in [6.07, 6.45) is 0.828. The Hall–Kier alpha value is 0.207. The van der Waals surface area contributed by atoms with Gasteiger partial charge in [-0.2, -0.15) is 0 Å². The van der Waals surface area contributed by atoms with Gasteiger partial charge in [-0.3, -0.25) is 4.79 Å². The first-order chi connectivity index (χ1) is 7.99. The summed E-state index contributed by atoms with van der Waals surface area (Å²) >= 11 is 2.47. The average molecular weight is 296 g/mol. The van der Waals surface area contributed by atoms with E-state index in [4.69, 9.17) is 13.3 Å². The van der Waals surface area contributed by atoms with Crippen LogP contribution in [0.15, 0.2) is 11.5 Å². The molecule has 0 spiro atoms. The van der Waals surface area contributed by atoms with Crippen LogP contribution in [-0.2, 0) is 13.3 Å². The van der Waals surface area contributed by atoms with E-state index >= 15 is 0 Å². The number of rotatable bonds is 8. The summed E-state index contributed by atoms with van der Waals surface area (Å²) < 4.78 is 15.9. The monoisotopic (exact) mass is 296 g/mol. The molecule has 0 fully saturated rings. The highest BCUT2D eigenvalue weighted by atomic mass is 32.2. The molecule has 0 aromatic carbocycles. The molecule has 0 saturated heterocycles. The van der Waals surface area contributed by atoms with Crippen LogP contribution in [0, 0.1) is 0 Å². The minimum atomic E-state index is -2.47. The van der Waals surface area contributed by atoms with Crippen molar-refractivity contribution in [2.75, 3.05) is 27.1 Å². The van der Waals surface area contributed by atoms with Crippen LogP contribution < -0.4 is 0 Å². The lowest BCUT2D eigenvalue weighted by Crippen LogP contribution is -2.42. The quantitative estimate of drug-likeness (QED) is 0.505. The number of allylic oxidation sites excluding steroid dienone is 1. The molecule has 0 heterocycles. The van der Waals surface area contributed by atoms with Crippen molar-refractivity contribution in [1.82, 2.24) is 0 Å². The lowest BCUT2D eigenvalue weighted by molar-refractivity contribution is 0.123. The van der Waals surface area contributed by atoms with Crippen molar-refractivity contribution in [3.63, 3.8) is 0 Å². The van der Waals surface area contributed by atoms with E-state index in [1.165, 1.54) is 23.5 Å². The van der Waals surface area contributed by atoms with Crippen molar-refractivity contribution < 1.29 is 18.1 Å². The van der Waals surface area contributed by atoms with Crippen molar-refractivity contribution in [1.29, 1.82) is 0 Å². The first-order valence-corrected chi connectivity index (χ1v) is 8.88. The maximum Gasteiger partial charge on any atom is 0.500 e. The van der Waals surface area contributed by atoms with Gasteiger partial charge in [0.2, 0.25) is 4.45 Å². The van der Waals surface area contributed by atoms with Gasteiger partial charge in [-0.05, 0) is 30.0 Å². The lowest BCUT2D eigenvalue weighted by atomic mass is 10.6. The Bertz CT molecular complexity index is 248. The summed E-state index contributed by atoms with van der Waals surface area (Å²) in [7, 11) is 2.30. The molecular formula is C10H20O4S2Si. The third-order valence-electron chi connectivity index (χ3n) is 2.04. The van der Waals surface area contributed by atoms with E-state index < -0.39 is 8.80 Å². The number of carbonyl (C=O) groups excluding carboxylic acids is 1. The number of carbonyl (C=O) groups is 1. The Morgan fingerprint density at radius 3 is 2.18 bits per heavy atom. The van der Waals surface area contributed by atoms with E-state index in [1.54, 1.807) is 21.3 Å². The first-order valence-electron chi connectivity index (χ1n) is 5.15. The molecular weight excluding hydrogens is 276 g/mol. The van der Waals surface area contributed by atoms with E-state index in [0.29, 0.717) is 6.04 Å². The second-order valence-corrected chi connectivity index (χ2v) is 8.99. The number of hydrogen-bond donors (Lipinski definition) is 0. The van der Waals surface area contributed by atoms with E-state index in [9.17, 15) is 4.79 Å². The molecule has 0 rings (SSSR count). The molecule has 0 aliphatic carbocycles. The molecule has 4 nitrogen and oxygen atoms in total. The molecule has 7 heteroatoms. The lowest BCUT2D eigenvalue weighted by Gasteiger charge is -2.23. The fraction of sp³-hybridized carbons (Fsp3) is 0.700. The Kier molecular flexibility index (Phi) is 9.29. The largest absolute Gasteiger partial charge is 0.500 e. The van der Waals surface area contributed by atoms with Crippen LogP contribution in [-0.4, -0.2) is 40.3 Å². The zero-order valence-corrected chi connectivity index (χ0v) is 13.4. The van der Waals surface area contributed by atoms with Gasteiger partial charge >= 0.3 is 8.80 Å². The van der Waals surface area contributed by atoms with Gasteiger partial charge in [0, 0.05) is 33.1 Å². The summed E-state index contributed by atoms with van der Waals surface area (Å²) in [6.45, 7) is 5.50. The van der Waals surface area contributed by atoms with Gasteiger partial charge in [-0.1, -0.05) is 18.3 Å². The fourth-order valence-corrected chi connectivity index (χ4v) is 4.80. The SMILES string of the molecule is C=C(C)SC(=O)SCCC[Si](OC)(OC)OC. The molecule has 0 radical (unpaired) electrons. The summed E-state index contributed by atoms with van der Waals surface area (Å²) in [6, 6.07) is 0.717. The topological polar surface area (TPSA) is 44.8 Å². The molecule has 0 saturated carbocycles. The predicted octanol–water partition coefficient (Wildman–Crippen LogP) is 3.37. The van der Waals surface area contributed by atoms with Crippen molar-refractivity contribution in [2.45, 2.75) is 19.4 Å². The van der Waals surface area contributed by atoms with Gasteiger partial charge in [-0.15, -0.1) is 0 Å². The molecule has 0 amide bonds. The minimum Gasteiger partial charge on any atom is -0.377 e. The zero-order valence-electron chi connectivity index (χ0n) is 10.8. The van der Waals surface area contributed by atoms with Gasteiger partial charge in [0.15, 0.2) is 0 Å². The molecule has 0 aliphatic heterocycles. The summed E-state index contributed by atoms with van der Waals surface area (Å²) in [5.74, 6) is 0.740. The van der Waals surface area contributed by atoms with Crippen LogP contribution in [0.3, 0.4) is 0 Å². The Morgan fingerprint density at radius 2 is 1.76 bits per heavy atom. The molecule has 0 N–H and O–H groups in total. The molecule has 0 aliphatic rings. The van der Waals surface area contributed by atoms with Crippen LogP contribution >= 0.6 is 23.5 Å². The van der Waals surface area contributed by atoms with Crippen LogP contribution in [0.1, 0.15) is 13.3 Å².